The maximum absolute atomic E-state index is 12.8. The molecule has 2 N–H and O–H groups in total. The predicted octanol–water partition coefficient (Wildman–Crippen LogP) is 1.66. The van der Waals surface area contributed by atoms with Crippen molar-refractivity contribution in [2.75, 3.05) is 6.61 Å². The lowest BCUT2D eigenvalue weighted by Crippen LogP contribution is -2.43. The van der Waals surface area contributed by atoms with Crippen LogP contribution in [0.15, 0.2) is 29.2 Å². The largest absolute Gasteiger partial charge is 0.396 e. The SMILES string of the molecule is O=S(=O)(NC1CCCCC1CO)c1ccc(F)cc1. The van der Waals surface area contributed by atoms with E-state index < -0.39 is 15.8 Å². The second-order valence-corrected chi connectivity index (χ2v) is 6.62. The van der Waals surface area contributed by atoms with Crippen molar-refractivity contribution in [3.8, 4) is 0 Å². The Hall–Kier alpha value is -0.980. The van der Waals surface area contributed by atoms with Gasteiger partial charge >= 0.3 is 0 Å². The predicted molar refractivity (Wildman–Crippen MR) is 69.6 cm³/mol. The molecule has 106 valence electrons. The van der Waals surface area contributed by atoms with E-state index in [-0.39, 0.29) is 23.5 Å². The van der Waals surface area contributed by atoms with Gasteiger partial charge in [-0.2, -0.15) is 0 Å². The zero-order valence-corrected chi connectivity index (χ0v) is 11.4. The van der Waals surface area contributed by atoms with Gasteiger partial charge in [-0.05, 0) is 43.0 Å². The Morgan fingerprint density at radius 2 is 1.84 bits per heavy atom. The molecule has 2 rings (SSSR count). The van der Waals surface area contributed by atoms with Crippen molar-refractivity contribution in [3.05, 3.63) is 30.1 Å². The monoisotopic (exact) mass is 287 g/mol. The van der Waals surface area contributed by atoms with Crippen LogP contribution in [0.3, 0.4) is 0 Å². The molecule has 0 aromatic heterocycles. The van der Waals surface area contributed by atoms with Crippen molar-refractivity contribution >= 4 is 10.0 Å². The second kappa shape index (κ2) is 5.98. The number of rotatable bonds is 4. The highest BCUT2D eigenvalue weighted by Gasteiger charge is 2.28. The molecular weight excluding hydrogens is 269 g/mol. The van der Waals surface area contributed by atoms with Crippen molar-refractivity contribution in [1.29, 1.82) is 0 Å². The zero-order valence-electron chi connectivity index (χ0n) is 10.5. The molecule has 2 atom stereocenters. The molecule has 0 radical (unpaired) electrons. The van der Waals surface area contributed by atoms with E-state index in [1.54, 1.807) is 0 Å². The fraction of sp³-hybridized carbons (Fsp3) is 0.538. The van der Waals surface area contributed by atoms with Crippen LogP contribution < -0.4 is 4.72 Å². The topological polar surface area (TPSA) is 66.4 Å². The van der Waals surface area contributed by atoms with Gasteiger partial charge in [0.25, 0.3) is 0 Å². The smallest absolute Gasteiger partial charge is 0.240 e. The molecule has 2 unspecified atom stereocenters. The molecule has 1 aromatic carbocycles. The third kappa shape index (κ3) is 3.52. The number of hydrogen-bond donors (Lipinski definition) is 2. The van der Waals surface area contributed by atoms with Gasteiger partial charge in [0, 0.05) is 12.6 Å². The van der Waals surface area contributed by atoms with Crippen molar-refractivity contribution in [1.82, 2.24) is 4.72 Å². The van der Waals surface area contributed by atoms with E-state index >= 15 is 0 Å². The molecule has 1 saturated carbocycles. The fourth-order valence-corrected chi connectivity index (χ4v) is 3.80. The molecule has 1 aromatic rings. The first-order chi connectivity index (χ1) is 9.03. The van der Waals surface area contributed by atoms with Crippen molar-refractivity contribution < 1.29 is 17.9 Å². The van der Waals surface area contributed by atoms with Gasteiger partial charge in [-0.25, -0.2) is 17.5 Å². The highest BCUT2D eigenvalue weighted by Crippen LogP contribution is 2.25. The molecule has 19 heavy (non-hydrogen) atoms. The Balaban J connectivity index is 2.14. The van der Waals surface area contributed by atoms with Crippen LogP contribution >= 0.6 is 0 Å². The Bertz CT molecular complexity index is 515. The number of aliphatic hydroxyl groups is 1. The molecule has 0 aliphatic heterocycles. The first-order valence-corrected chi connectivity index (χ1v) is 7.90. The number of aliphatic hydroxyl groups excluding tert-OH is 1. The first-order valence-electron chi connectivity index (χ1n) is 6.41. The van der Waals surface area contributed by atoms with E-state index in [1.807, 2.05) is 0 Å². The Morgan fingerprint density at radius 3 is 2.47 bits per heavy atom. The summed E-state index contributed by atoms with van der Waals surface area (Å²) in [6.45, 7) is -0.0173. The molecule has 0 heterocycles. The van der Waals surface area contributed by atoms with Gasteiger partial charge in [0.15, 0.2) is 0 Å². The average Bonchev–Trinajstić information content (AvgIpc) is 2.39. The van der Waals surface area contributed by atoms with Crippen LogP contribution in [0.2, 0.25) is 0 Å². The minimum Gasteiger partial charge on any atom is -0.396 e. The molecule has 0 saturated heterocycles. The maximum atomic E-state index is 12.8. The van der Waals surface area contributed by atoms with E-state index in [4.69, 9.17) is 0 Å². The van der Waals surface area contributed by atoms with Gasteiger partial charge in [0.1, 0.15) is 5.82 Å². The molecule has 0 amide bonds. The summed E-state index contributed by atoms with van der Waals surface area (Å²) >= 11 is 0. The molecule has 0 spiro atoms. The summed E-state index contributed by atoms with van der Waals surface area (Å²) < 4.78 is 39.7. The lowest BCUT2D eigenvalue weighted by atomic mass is 9.86. The zero-order chi connectivity index (χ0) is 13.9. The van der Waals surface area contributed by atoms with Gasteiger partial charge in [-0.3, -0.25) is 0 Å². The third-order valence-electron chi connectivity index (χ3n) is 3.57. The van der Waals surface area contributed by atoms with E-state index in [0.29, 0.717) is 0 Å². The summed E-state index contributed by atoms with van der Waals surface area (Å²) in [5, 5.41) is 9.28. The molecule has 1 aliphatic rings. The molecule has 0 bridgehead atoms. The summed E-state index contributed by atoms with van der Waals surface area (Å²) in [6, 6.07) is 4.50. The summed E-state index contributed by atoms with van der Waals surface area (Å²) in [7, 11) is -3.65. The number of hydrogen-bond acceptors (Lipinski definition) is 3. The van der Waals surface area contributed by atoms with E-state index in [0.717, 1.165) is 37.8 Å². The van der Waals surface area contributed by atoms with Gasteiger partial charge in [-0.1, -0.05) is 12.8 Å². The molecule has 4 nitrogen and oxygen atoms in total. The highest BCUT2D eigenvalue weighted by molar-refractivity contribution is 7.89. The second-order valence-electron chi connectivity index (χ2n) is 4.91. The first kappa shape index (κ1) is 14.4. The van der Waals surface area contributed by atoms with Crippen LogP contribution in [-0.2, 0) is 10.0 Å². The Morgan fingerprint density at radius 1 is 1.21 bits per heavy atom. The van der Waals surface area contributed by atoms with E-state index in [9.17, 15) is 17.9 Å². The Labute approximate surface area is 112 Å². The fourth-order valence-electron chi connectivity index (χ4n) is 2.46. The number of sulfonamides is 1. The third-order valence-corrected chi connectivity index (χ3v) is 5.08. The standard InChI is InChI=1S/C13H18FNO3S/c14-11-5-7-12(8-6-11)19(17,18)15-13-4-2-1-3-10(13)9-16/h5-8,10,13,15-16H,1-4,9H2. The highest BCUT2D eigenvalue weighted by atomic mass is 32.2. The van der Waals surface area contributed by atoms with Crippen molar-refractivity contribution in [2.24, 2.45) is 5.92 Å². The minimum absolute atomic E-state index is 0.0173. The number of benzene rings is 1. The van der Waals surface area contributed by atoms with Crippen molar-refractivity contribution in [2.45, 2.75) is 36.6 Å². The lowest BCUT2D eigenvalue weighted by molar-refractivity contribution is 0.164. The van der Waals surface area contributed by atoms with Crippen molar-refractivity contribution in [3.63, 3.8) is 0 Å². The van der Waals surface area contributed by atoms with E-state index in [1.165, 1.54) is 12.1 Å². The summed E-state index contributed by atoms with van der Waals surface area (Å²) in [6.07, 6.45) is 3.52. The summed E-state index contributed by atoms with van der Waals surface area (Å²) in [5.41, 5.74) is 0. The summed E-state index contributed by atoms with van der Waals surface area (Å²) in [4.78, 5) is 0.0520. The van der Waals surface area contributed by atoms with Gasteiger partial charge in [-0.15, -0.1) is 0 Å². The normalized spacial score (nSPS) is 24.3. The van der Waals surface area contributed by atoms with Gasteiger partial charge in [0.2, 0.25) is 10.0 Å². The van der Waals surface area contributed by atoms with Crippen LogP contribution in [0.5, 0.6) is 0 Å². The van der Waals surface area contributed by atoms with Gasteiger partial charge < -0.3 is 5.11 Å². The van der Waals surface area contributed by atoms with Crippen LogP contribution in [0.1, 0.15) is 25.7 Å². The average molecular weight is 287 g/mol. The molecule has 1 fully saturated rings. The van der Waals surface area contributed by atoms with Crippen LogP contribution in [0.4, 0.5) is 4.39 Å². The summed E-state index contributed by atoms with van der Waals surface area (Å²) in [5.74, 6) is -0.506. The number of nitrogens with one attached hydrogen (secondary N) is 1. The quantitative estimate of drug-likeness (QED) is 0.885. The van der Waals surface area contributed by atoms with Crippen LogP contribution in [0, 0.1) is 11.7 Å². The molecular formula is C13H18FNO3S. The van der Waals surface area contributed by atoms with Crippen LogP contribution in [-0.4, -0.2) is 26.2 Å². The van der Waals surface area contributed by atoms with Crippen LogP contribution in [0.25, 0.3) is 0 Å². The van der Waals surface area contributed by atoms with Gasteiger partial charge in [0.05, 0.1) is 4.90 Å². The van der Waals surface area contributed by atoms with E-state index in [2.05, 4.69) is 4.72 Å². The maximum Gasteiger partial charge on any atom is 0.240 e. The Kier molecular flexibility index (Phi) is 4.54. The lowest BCUT2D eigenvalue weighted by Gasteiger charge is -2.30. The molecule has 1 aliphatic carbocycles. The minimum atomic E-state index is -3.65. The number of halogens is 1. The molecule has 6 heteroatoms.